The second-order valence-electron chi connectivity index (χ2n) is 9.34. The lowest BCUT2D eigenvalue weighted by Crippen LogP contribution is -2.53. The molecule has 0 spiro atoms. The molecule has 1 fully saturated rings. The average molecular weight is 518 g/mol. The van der Waals surface area contributed by atoms with E-state index in [-0.39, 0.29) is 17.9 Å². The van der Waals surface area contributed by atoms with E-state index < -0.39 is 0 Å². The van der Waals surface area contributed by atoms with Crippen LogP contribution in [0.2, 0.25) is 5.02 Å². The number of piperazine rings is 1. The monoisotopic (exact) mass is 517 g/mol. The first-order chi connectivity index (χ1) is 17.3. The van der Waals surface area contributed by atoms with Gasteiger partial charge in [-0.05, 0) is 73.5 Å². The molecule has 2 amide bonds. The fraction of sp³-hybridized carbons (Fsp3) is 0.241. The summed E-state index contributed by atoms with van der Waals surface area (Å²) in [5, 5.41) is 0.628. The number of fused-ring (bicyclic) bond motifs is 1. The first-order valence-corrected chi connectivity index (χ1v) is 13.2. The summed E-state index contributed by atoms with van der Waals surface area (Å²) in [5.41, 5.74) is 4.66. The molecule has 0 saturated carbocycles. The van der Waals surface area contributed by atoms with Crippen LogP contribution in [-0.2, 0) is 4.79 Å². The SMILES string of the molecule is Cc1cccc(N2CCN(C(=O)c3ccc4c(c3)N(C)C(=O)/C(=C/c3cccc(Cl)c3)S4)CC2C)c1. The van der Waals surface area contributed by atoms with Crippen LogP contribution < -0.4 is 9.80 Å². The average Bonchev–Trinajstić information content (AvgIpc) is 2.86. The predicted molar refractivity (Wildman–Crippen MR) is 149 cm³/mol. The normalized spacial score (nSPS) is 19.0. The topological polar surface area (TPSA) is 43.9 Å². The van der Waals surface area contributed by atoms with E-state index in [2.05, 4.69) is 43.0 Å². The molecule has 2 heterocycles. The highest BCUT2D eigenvalue weighted by atomic mass is 35.5. The lowest BCUT2D eigenvalue weighted by Gasteiger charge is -2.41. The van der Waals surface area contributed by atoms with E-state index >= 15 is 0 Å². The second-order valence-corrected chi connectivity index (χ2v) is 10.9. The van der Waals surface area contributed by atoms with Crippen LogP contribution >= 0.6 is 23.4 Å². The van der Waals surface area contributed by atoms with Gasteiger partial charge >= 0.3 is 0 Å². The van der Waals surface area contributed by atoms with Gasteiger partial charge in [-0.3, -0.25) is 9.59 Å². The first kappa shape index (κ1) is 24.5. The molecule has 7 heteroatoms. The number of amides is 2. The molecule has 0 aliphatic carbocycles. The minimum Gasteiger partial charge on any atom is -0.365 e. The lowest BCUT2D eigenvalue weighted by atomic mass is 10.1. The van der Waals surface area contributed by atoms with Gasteiger partial charge in [-0.25, -0.2) is 0 Å². The van der Waals surface area contributed by atoms with Gasteiger partial charge in [0, 0.05) is 53.9 Å². The number of hydrogen-bond donors (Lipinski definition) is 0. The third kappa shape index (κ3) is 4.88. The third-order valence-corrected chi connectivity index (χ3v) is 8.01. The van der Waals surface area contributed by atoms with Gasteiger partial charge in [-0.1, -0.05) is 47.6 Å². The molecule has 36 heavy (non-hydrogen) atoms. The Bertz CT molecular complexity index is 1370. The van der Waals surface area contributed by atoms with Gasteiger partial charge in [-0.15, -0.1) is 0 Å². The molecule has 2 aliphatic rings. The summed E-state index contributed by atoms with van der Waals surface area (Å²) in [6.45, 7) is 6.35. The zero-order valence-corrected chi connectivity index (χ0v) is 22.1. The van der Waals surface area contributed by atoms with E-state index in [4.69, 9.17) is 11.6 Å². The molecule has 1 atom stereocenters. The van der Waals surface area contributed by atoms with Crippen LogP contribution in [0.25, 0.3) is 6.08 Å². The number of hydrogen-bond acceptors (Lipinski definition) is 4. The highest BCUT2D eigenvalue weighted by Gasteiger charge is 2.30. The Hall–Kier alpha value is -3.22. The molecule has 0 N–H and O–H groups in total. The summed E-state index contributed by atoms with van der Waals surface area (Å²) in [5.74, 6) is -0.0999. The fourth-order valence-electron chi connectivity index (χ4n) is 4.79. The fourth-order valence-corrected chi connectivity index (χ4v) is 6.08. The van der Waals surface area contributed by atoms with Gasteiger partial charge in [0.1, 0.15) is 0 Å². The minimum absolute atomic E-state index is 0.000317. The van der Waals surface area contributed by atoms with E-state index in [1.807, 2.05) is 53.4 Å². The van der Waals surface area contributed by atoms with Crippen molar-refractivity contribution in [2.24, 2.45) is 0 Å². The molecule has 0 aromatic heterocycles. The zero-order valence-electron chi connectivity index (χ0n) is 20.6. The van der Waals surface area contributed by atoms with Crippen molar-refractivity contribution in [3.8, 4) is 0 Å². The number of rotatable bonds is 3. The number of likely N-dealkylation sites (N-methyl/N-ethyl adjacent to an activating group) is 1. The van der Waals surface area contributed by atoms with Crippen LogP contribution in [0.15, 0.2) is 76.5 Å². The van der Waals surface area contributed by atoms with E-state index in [0.29, 0.717) is 28.6 Å². The Morgan fingerprint density at radius 1 is 1.06 bits per heavy atom. The van der Waals surface area contributed by atoms with Crippen molar-refractivity contribution in [2.75, 3.05) is 36.5 Å². The Labute approximate surface area is 221 Å². The number of nitrogens with zero attached hydrogens (tertiary/aromatic N) is 3. The van der Waals surface area contributed by atoms with Gasteiger partial charge in [0.15, 0.2) is 0 Å². The maximum Gasteiger partial charge on any atom is 0.264 e. The van der Waals surface area contributed by atoms with Crippen molar-refractivity contribution in [3.63, 3.8) is 0 Å². The number of thioether (sulfide) groups is 1. The van der Waals surface area contributed by atoms with Crippen molar-refractivity contribution < 1.29 is 9.59 Å². The maximum absolute atomic E-state index is 13.4. The smallest absolute Gasteiger partial charge is 0.264 e. The van der Waals surface area contributed by atoms with E-state index in [1.54, 1.807) is 11.9 Å². The molecule has 3 aromatic rings. The number of carbonyl (C=O) groups excluding carboxylic acids is 2. The van der Waals surface area contributed by atoms with Crippen molar-refractivity contribution in [3.05, 3.63) is 93.3 Å². The molecular formula is C29H28ClN3O2S. The van der Waals surface area contributed by atoms with Crippen LogP contribution in [0.1, 0.15) is 28.4 Å². The van der Waals surface area contributed by atoms with Crippen LogP contribution in [0.3, 0.4) is 0 Å². The van der Waals surface area contributed by atoms with Crippen molar-refractivity contribution in [1.29, 1.82) is 0 Å². The van der Waals surface area contributed by atoms with Crippen molar-refractivity contribution in [1.82, 2.24) is 4.90 Å². The summed E-state index contributed by atoms with van der Waals surface area (Å²) >= 11 is 7.52. The Kier molecular flexibility index (Phi) is 6.82. The van der Waals surface area contributed by atoms with Crippen molar-refractivity contribution >= 4 is 52.6 Å². The number of anilines is 2. The third-order valence-electron chi connectivity index (χ3n) is 6.70. The number of aryl methyl sites for hydroxylation is 1. The summed E-state index contributed by atoms with van der Waals surface area (Å²) < 4.78 is 0. The molecule has 1 unspecified atom stereocenters. The number of carbonyl (C=O) groups is 2. The van der Waals surface area contributed by atoms with Gasteiger partial charge in [0.2, 0.25) is 0 Å². The molecule has 0 bridgehead atoms. The Morgan fingerprint density at radius 2 is 1.86 bits per heavy atom. The van der Waals surface area contributed by atoms with Crippen LogP contribution in [0.5, 0.6) is 0 Å². The van der Waals surface area contributed by atoms with Crippen LogP contribution in [-0.4, -0.2) is 49.4 Å². The standard InChI is InChI=1S/C29H28ClN3O2S/c1-19-6-4-9-24(14-19)33-13-12-32(18-20(33)2)28(34)22-10-11-26-25(17-22)31(3)29(35)27(36-26)16-21-7-5-8-23(30)15-21/h4-11,14-17,20H,12-13,18H2,1-3H3/b27-16-. The van der Waals surface area contributed by atoms with Crippen molar-refractivity contribution in [2.45, 2.75) is 24.8 Å². The number of halogens is 1. The Morgan fingerprint density at radius 3 is 2.61 bits per heavy atom. The first-order valence-electron chi connectivity index (χ1n) is 12.0. The summed E-state index contributed by atoms with van der Waals surface area (Å²) in [6, 6.07) is 21.8. The van der Waals surface area contributed by atoms with Crippen LogP contribution in [0, 0.1) is 6.92 Å². The van der Waals surface area contributed by atoms with Gasteiger partial charge < -0.3 is 14.7 Å². The zero-order chi connectivity index (χ0) is 25.4. The van der Waals surface area contributed by atoms with Gasteiger partial charge in [-0.2, -0.15) is 0 Å². The highest BCUT2D eigenvalue weighted by molar-refractivity contribution is 8.04. The quantitative estimate of drug-likeness (QED) is 0.393. The Balaban J connectivity index is 1.33. The van der Waals surface area contributed by atoms with E-state index in [1.165, 1.54) is 23.0 Å². The lowest BCUT2D eigenvalue weighted by molar-refractivity contribution is -0.114. The highest BCUT2D eigenvalue weighted by Crippen LogP contribution is 2.42. The molecule has 184 valence electrons. The summed E-state index contributed by atoms with van der Waals surface area (Å²) in [4.78, 5) is 34.0. The van der Waals surface area contributed by atoms with Gasteiger partial charge in [0.25, 0.3) is 11.8 Å². The van der Waals surface area contributed by atoms with Gasteiger partial charge in [0.05, 0.1) is 10.6 Å². The van der Waals surface area contributed by atoms with E-state index in [9.17, 15) is 9.59 Å². The minimum atomic E-state index is -0.0996. The summed E-state index contributed by atoms with van der Waals surface area (Å²) in [7, 11) is 1.75. The molecule has 5 rings (SSSR count). The van der Waals surface area contributed by atoms with E-state index in [0.717, 1.165) is 22.7 Å². The summed E-state index contributed by atoms with van der Waals surface area (Å²) in [6.07, 6.45) is 1.85. The number of benzene rings is 3. The molecule has 1 saturated heterocycles. The molecule has 3 aromatic carbocycles. The van der Waals surface area contributed by atoms with Crippen LogP contribution in [0.4, 0.5) is 11.4 Å². The maximum atomic E-state index is 13.4. The predicted octanol–water partition coefficient (Wildman–Crippen LogP) is 6.11. The molecule has 5 nitrogen and oxygen atoms in total. The molecule has 0 radical (unpaired) electrons. The molecule has 2 aliphatic heterocycles. The largest absolute Gasteiger partial charge is 0.365 e. The second kappa shape index (κ2) is 10.0. The molecular weight excluding hydrogens is 490 g/mol.